The average Bonchev–Trinajstić information content (AvgIpc) is 3.53. The number of alkyl halides is 6. The summed E-state index contributed by atoms with van der Waals surface area (Å²) in [5.41, 5.74) is 2.17. The van der Waals surface area contributed by atoms with Crippen molar-refractivity contribution in [3.05, 3.63) is 77.6 Å². The van der Waals surface area contributed by atoms with E-state index >= 15 is 0 Å². The molecule has 0 radical (unpaired) electrons. The van der Waals surface area contributed by atoms with Crippen LogP contribution in [0.15, 0.2) is 54.7 Å². The van der Waals surface area contributed by atoms with Gasteiger partial charge in [0, 0.05) is 45.3 Å². The SMILES string of the molecule is O=C(NCc1ccccc1)c1nnc2n1C[C@@H]1CN(Cc3ccccn3)C[C@@H]1C2.O=C(O)C(F)(F)F.O=C(O)C(F)(F)F. The number of hydrogen-bond acceptors (Lipinski definition) is 7. The number of rotatable bonds is 5. The van der Waals surface area contributed by atoms with Crippen LogP contribution in [-0.2, 0) is 35.6 Å². The molecule has 0 unspecified atom stereocenters. The first-order chi connectivity index (χ1) is 20.1. The summed E-state index contributed by atoms with van der Waals surface area (Å²) in [5.74, 6) is -3.23. The lowest BCUT2D eigenvalue weighted by Gasteiger charge is -2.25. The zero-order valence-corrected chi connectivity index (χ0v) is 22.2. The topological polar surface area (TPSA) is 151 Å². The molecule has 5 rings (SSSR count). The van der Waals surface area contributed by atoms with Gasteiger partial charge >= 0.3 is 24.3 Å². The Bertz CT molecular complexity index is 1360. The molecule has 4 heterocycles. The first kappa shape index (κ1) is 33.0. The highest BCUT2D eigenvalue weighted by Crippen LogP contribution is 2.33. The Balaban J connectivity index is 0.000000303. The molecule has 1 amide bonds. The fraction of sp³-hybridized carbons (Fsp3) is 0.385. The zero-order chi connectivity index (χ0) is 31.8. The molecule has 1 fully saturated rings. The number of pyridine rings is 1. The van der Waals surface area contributed by atoms with Crippen LogP contribution in [-0.4, -0.2) is 78.1 Å². The summed E-state index contributed by atoms with van der Waals surface area (Å²) in [6.45, 7) is 4.23. The van der Waals surface area contributed by atoms with Crippen LogP contribution >= 0.6 is 0 Å². The Hall–Kier alpha value is -4.54. The van der Waals surface area contributed by atoms with Gasteiger partial charge in [0.1, 0.15) is 5.82 Å². The van der Waals surface area contributed by atoms with Crippen molar-refractivity contribution in [2.45, 2.75) is 38.4 Å². The maximum absolute atomic E-state index is 12.7. The molecule has 2 aliphatic heterocycles. The second-order valence-electron chi connectivity index (χ2n) is 9.56. The van der Waals surface area contributed by atoms with E-state index < -0.39 is 24.3 Å². The van der Waals surface area contributed by atoms with Crippen molar-refractivity contribution in [3.63, 3.8) is 0 Å². The molecule has 0 bridgehead atoms. The minimum Gasteiger partial charge on any atom is -0.475 e. The second-order valence-corrected chi connectivity index (χ2v) is 9.56. The minimum absolute atomic E-state index is 0.158. The van der Waals surface area contributed by atoms with Gasteiger partial charge in [-0.05, 0) is 29.5 Å². The van der Waals surface area contributed by atoms with Gasteiger partial charge < -0.3 is 20.1 Å². The lowest BCUT2D eigenvalue weighted by Crippen LogP contribution is -2.32. The molecule has 0 spiro atoms. The molecule has 3 aromatic rings. The van der Waals surface area contributed by atoms with Crippen LogP contribution in [0.2, 0.25) is 0 Å². The maximum Gasteiger partial charge on any atom is 0.490 e. The van der Waals surface area contributed by atoms with Gasteiger partial charge in [-0.1, -0.05) is 36.4 Å². The molecule has 17 heteroatoms. The summed E-state index contributed by atoms with van der Waals surface area (Å²) in [5, 5.41) is 25.7. The maximum atomic E-state index is 12.7. The predicted octanol–water partition coefficient (Wildman–Crippen LogP) is 3.17. The molecule has 11 nitrogen and oxygen atoms in total. The van der Waals surface area contributed by atoms with E-state index in [1.807, 2.05) is 53.2 Å². The number of nitrogens with one attached hydrogen (secondary N) is 1. The molecule has 0 saturated carbocycles. The third kappa shape index (κ3) is 9.76. The van der Waals surface area contributed by atoms with Crippen molar-refractivity contribution in [1.82, 2.24) is 30.0 Å². The van der Waals surface area contributed by atoms with Crippen LogP contribution in [0.3, 0.4) is 0 Å². The van der Waals surface area contributed by atoms with Gasteiger partial charge in [-0.25, -0.2) is 9.59 Å². The minimum atomic E-state index is -5.08. The van der Waals surface area contributed by atoms with E-state index in [0.717, 1.165) is 49.7 Å². The van der Waals surface area contributed by atoms with Crippen LogP contribution in [0, 0.1) is 11.8 Å². The van der Waals surface area contributed by atoms with Crippen molar-refractivity contribution in [3.8, 4) is 0 Å². The smallest absolute Gasteiger partial charge is 0.475 e. The number of aliphatic carboxylic acids is 2. The number of fused-ring (bicyclic) bond motifs is 2. The fourth-order valence-corrected chi connectivity index (χ4v) is 4.50. The molecule has 232 valence electrons. The van der Waals surface area contributed by atoms with Crippen molar-refractivity contribution < 1.29 is 50.9 Å². The van der Waals surface area contributed by atoms with E-state index in [-0.39, 0.29) is 5.91 Å². The number of nitrogens with zero attached hydrogens (tertiary/aromatic N) is 5. The Kier molecular flexibility index (Phi) is 10.8. The average molecular weight is 617 g/mol. The van der Waals surface area contributed by atoms with Gasteiger partial charge in [-0.15, -0.1) is 10.2 Å². The number of carboxylic acids is 2. The third-order valence-electron chi connectivity index (χ3n) is 6.44. The first-order valence-corrected chi connectivity index (χ1v) is 12.6. The third-order valence-corrected chi connectivity index (χ3v) is 6.44. The van der Waals surface area contributed by atoms with Gasteiger partial charge in [0.25, 0.3) is 5.91 Å². The van der Waals surface area contributed by atoms with E-state index in [1.54, 1.807) is 0 Å². The van der Waals surface area contributed by atoms with E-state index in [2.05, 4.69) is 31.5 Å². The van der Waals surface area contributed by atoms with Gasteiger partial charge in [-0.2, -0.15) is 26.3 Å². The molecule has 2 aliphatic rings. The van der Waals surface area contributed by atoms with Crippen molar-refractivity contribution in [2.75, 3.05) is 13.1 Å². The molecule has 2 aromatic heterocycles. The summed E-state index contributed by atoms with van der Waals surface area (Å²) in [4.78, 5) is 37.4. The Labute approximate surface area is 240 Å². The van der Waals surface area contributed by atoms with Crippen LogP contribution in [0.25, 0.3) is 0 Å². The Morgan fingerprint density at radius 3 is 1.98 bits per heavy atom. The number of hydrogen-bond donors (Lipinski definition) is 3. The van der Waals surface area contributed by atoms with E-state index in [4.69, 9.17) is 19.8 Å². The van der Waals surface area contributed by atoms with Crippen molar-refractivity contribution >= 4 is 17.8 Å². The van der Waals surface area contributed by atoms with Gasteiger partial charge in [-0.3, -0.25) is 14.7 Å². The van der Waals surface area contributed by atoms with Gasteiger partial charge in [0.05, 0.1) is 5.69 Å². The number of amides is 1. The predicted molar refractivity (Wildman–Crippen MR) is 135 cm³/mol. The lowest BCUT2D eigenvalue weighted by molar-refractivity contribution is -0.193. The second kappa shape index (κ2) is 14.1. The summed E-state index contributed by atoms with van der Waals surface area (Å²) >= 11 is 0. The van der Waals surface area contributed by atoms with Gasteiger partial charge in [0.15, 0.2) is 0 Å². The highest BCUT2D eigenvalue weighted by molar-refractivity contribution is 5.90. The number of carbonyl (C=O) groups is 3. The summed E-state index contributed by atoms with van der Waals surface area (Å²) < 4.78 is 65.5. The Morgan fingerprint density at radius 1 is 0.837 bits per heavy atom. The fourth-order valence-electron chi connectivity index (χ4n) is 4.50. The molecule has 43 heavy (non-hydrogen) atoms. The quantitative estimate of drug-likeness (QED) is 0.368. The first-order valence-electron chi connectivity index (χ1n) is 12.6. The highest BCUT2D eigenvalue weighted by atomic mass is 19.4. The number of likely N-dealkylation sites (tertiary alicyclic amines) is 1. The monoisotopic (exact) mass is 616 g/mol. The molecule has 0 aliphatic carbocycles. The van der Waals surface area contributed by atoms with Crippen LogP contribution in [0.5, 0.6) is 0 Å². The van der Waals surface area contributed by atoms with E-state index in [1.165, 1.54) is 0 Å². The summed E-state index contributed by atoms with van der Waals surface area (Å²) in [7, 11) is 0. The molecule has 3 N–H and O–H groups in total. The molecular formula is C26H26F6N6O5. The number of carbonyl (C=O) groups excluding carboxylic acids is 1. The molecular weight excluding hydrogens is 590 g/mol. The number of benzene rings is 1. The normalized spacial score (nSPS) is 17.7. The number of carboxylic acid groups (broad SMARTS) is 2. The lowest BCUT2D eigenvalue weighted by atomic mass is 9.89. The standard InChI is InChI=1S/C22H24N6O.2C2HF3O2/c29-22(24-11-16-6-2-1-3-7-16)21-26-25-20-10-17-12-27(13-18(17)14-28(20)21)15-19-8-4-5-9-23-19;2*3-2(4,5)1(6)7/h1-9,17-18H,10-15H2,(H,24,29);2*(H,6,7)/t17-,18-;;/m0../s1. The van der Waals surface area contributed by atoms with E-state index in [9.17, 15) is 31.1 Å². The molecule has 1 aromatic carbocycles. The van der Waals surface area contributed by atoms with E-state index in [0.29, 0.717) is 24.2 Å². The van der Waals surface area contributed by atoms with Crippen molar-refractivity contribution in [1.29, 1.82) is 0 Å². The molecule has 2 atom stereocenters. The summed E-state index contributed by atoms with van der Waals surface area (Å²) in [6, 6.07) is 16.0. The largest absolute Gasteiger partial charge is 0.490 e. The summed E-state index contributed by atoms with van der Waals surface area (Å²) in [6.07, 6.45) is -7.44. The molecule has 1 saturated heterocycles. The zero-order valence-electron chi connectivity index (χ0n) is 22.2. The number of halogens is 6. The van der Waals surface area contributed by atoms with Crippen LogP contribution < -0.4 is 5.32 Å². The Morgan fingerprint density at radius 2 is 1.42 bits per heavy atom. The van der Waals surface area contributed by atoms with Crippen LogP contribution in [0.4, 0.5) is 26.3 Å². The highest BCUT2D eigenvalue weighted by Gasteiger charge is 2.40. The van der Waals surface area contributed by atoms with Crippen LogP contribution in [0.1, 0.15) is 27.7 Å². The van der Waals surface area contributed by atoms with Crippen molar-refractivity contribution in [2.24, 2.45) is 11.8 Å². The van der Waals surface area contributed by atoms with Gasteiger partial charge in [0.2, 0.25) is 5.82 Å². The number of aromatic nitrogens is 4.